The third kappa shape index (κ3) is 6.69. The highest BCUT2D eigenvalue weighted by Crippen LogP contribution is 2.37. The molecule has 0 amide bonds. The molecular formula is C21H35FO3. The van der Waals surface area contributed by atoms with Gasteiger partial charge in [-0.15, -0.1) is 0 Å². The quantitative estimate of drug-likeness (QED) is 0.320. The Balaban J connectivity index is 2.83. The van der Waals surface area contributed by atoms with Gasteiger partial charge in [-0.05, 0) is 17.5 Å². The largest absolute Gasteiger partial charge is 0.330 e. The van der Waals surface area contributed by atoms with Crippen molar-refractivity contribution in [2.75, 3.05) is 28.0 Å². The van der Waals surface area contributed by atoms with Gasteiger partial charge in [0.2, 0.25) is 0 Å². The minimum absolute atomic E-state index is 0.0295. The van der Waals surface area contributed by atoms with Crippen LogP contribution >= 0.6 is 0 Å². The lowest BCUT2D eigenvalue weighted by atomic mass is 9.89. The first kappa shape index (κ1) is 22.1. The fourth-order valence-electron chi connectivity index (χ4n) is 3.38. The number of rotatable bonds is 14. The number of benzene rings is 1. The van der Waals surface area contributed by atoms with Crippen molar-refractivity contribution in [3.05, 3.63) is 35.4 Å². The third-order valence-corrected chi connectivity index (χ3v) is 4.89. The van der Waals surface area contributed by atoms with Gasteiger partial charge in [0.1, 0.15) is 0 Å². The Hall–Kier alpha value is -0.970. The van der Waals surface area contributed by atoms with Crippen molar-refractivity contribution in [2.24, 2.45) is 0 Å². The van der Waals surface area contributed by atoms with E-state index in [-0.39, 0.29) is 12.6 Å². The second-order valence-electron chi connectivity index (χ2n) is 6.51. The molecule has 1 rings (SSSR count). The van der Waals surface area contributed by atoms with Gasteiger partial charge < -0.3 is 14.2 Å². The minimum Gasteiger partial charge on any atom is -0.330 e. The van der Waals surface area contributed by atoms with Crippen molar-refractivity contribution in [3.8, 4) is 0 Å². The molecule has 4 heteroatoms. The highest BCUT2D eigenvalue weighted by molar-refractivity contribution is 5.26. The number of aryl methyl sites for hydroxylation is 1. The molecule has 1 unspecified atom stereocenters. The molecule has 0 radical (unpaired) electrons. The zero-order valence-electron chi connectivity index (χ0n) is 16.4. The van der Waals surface area contributed by atoms with Gasteiger partial charge in [-0.25, -0.2) is 0 Å². The summed E-state index contributed by atoms with van der Waals surface area (Å²) in [6, 6.07) is 8.04. The summed E-state index contributed by atoms with van der Waals surface area (Å²) in [4.78, 5) is 0. The molecule has 0 bridgehead atoms. The Labute approximate surface area is 152 Å². The standard InChI is InChI=1S/C21H35FO3/c1-5-6-7-8-9-10-11-20(21(23-2,24-3)25-4)19-14-12-18(13-15-19)16-17-22/h12-15,20H,5-11,16-17H2,1-4H3. The molecule has 0 aliphatic carbocycles. The lowest BCUT2D eigenvalue weighted by molar-refractivity contribution is -0.365. The van der Waals surface area contributed by atoms with Crippen LogP contribution in [0, 0.1) is 0 Å². The van der Waals surface area contributed by atoms with Crippen LogP contribution in [0.15, 0.2) is 24.3 Å². The first-order valence-corrected chi connectivity index (χ1v) is 9.47. The Bertz CT molecular complexity index is 435. The normalized spacial score (nSPS) is 13.2. The zero-order chi connectivity index (χ0) is 18.5. The summed E-state index contributed by atoms with van der Waals surface area (Å²) in [6.45, 7) is 1.89. The average Bonchev–Trinajstić information content (AvgIpc) is 2.65. The van der Waals surface area contributed by atoms with Crippen molar-refractivity contribution >= 4 is 0 Å². The van der Waals surface area contributed by atoms with Crippen LogP contribution in [0.1, 0.15) is 68.9 Å². The molecule has 0 saturated carbocycles. The third-order valence-electron chi connectivity index (χ3n) is 4.89. The highest BCUT2D eigenvalue weighted by atomic mass is 19.1. The molecule has 0 aliphatic rings. The monoisotopic (exact) mass is 354 g/mol. The second-order valence-corrected chi connectivity index (χ2v) is 6.51. The number of hydrogen-bond acceptors (Lipinski definition) is 3. The van der Waals surface area contributed by atoms with E-state index in [1.807, 2.05) is 24.3 Å². The smallest absolute Gasteiger partial charge is 0.289 e. The SMILES string of the molecule is CCCCCCCCC(c1ccc(CCF)cc1)C(OC)(OC)OC. The van der Waals surface area contributed by atoms with Crippen LogP contribution in [-0.2, 0) is 20.6 Å². The first-order chi connectivity index (χ1) is 12.2. The van der Waals surface area contributed by atoms with Gasteiger partial charge in [0.25, 0.3) is 5.97 Å². The number of hydrogen-bond donors (Lipinski definition) is 0. The van der Waals surface area contributed by atoms with Crippen LogP contribution in [0.3, 0.4) is 0 Å². The van der Waals surface area contributed by atoms with E-state index in [9.17, 15) is 4.39 Å². The summed E-state index contributed by atoms with van der Waals surface area (Å²) in [6.07, 6.45) is 8.78. The number of halogens is 1. The lowest BCUT2D eigenvalue weighted by Gasteiger charge is -2.36. The maximum absolute atomic E-state index is 12.5. The van der Waals surface area contributed by atoms with Crippen LogP contribution < -0.4 is 0 Å². The Morgan fingerprint density at radius 3 is 1.96 bits per heavy atom. The Kier molecular flexibility index (Phi) is 10.9. The van der Waals surface area contributed by atoms with Gasteiger partial charge in [-0.2, -0.15) is 0 Å². The summed E-state index contributed by atoms with van der Waals surface area (Å²) >= 11 is 0. The number of alkyl halides is 1. The molecule has 1 aromatic rings. The summed E-state index contributed by atoms with van der Waals surface area (Å²) in [5.41, 5.74) is 2.10. The summed E-state index contributed by atoms with van der Waals surface area (Å²) in [5, 5.41) is 0. The van der Waals surface area contributed by atoms with Crippen LogP contribution in [0.4, 0.5) is 4.39 Å². The molecule has 0 aromatic heterocycles. The Morgan fingerprint density at radius 1 is 0.880 bits per heavy atom. The van der Waals surface area contributed by atoms with Gasteiger partial charge in [-0.3, -0.25) is 4.39 Å². The molecule has 0 spiro atoms. The van der Waals surface area contributed by atoms with Crippen molar-refractivity contribution in [1.29, 1.82) is 0 Å². The van der Waals surface area contributed by atoms with Gasteiger partial charge in [0, 0.05) is 27.8 Å². The molecular weight excluding hydrogens is 319 g/mol. The highest BCUT2D eigenvalue weighted by Gasteiger charge is 2.40. The zero-order valence-corrected chi connectivity index (χ0v) is 16.4. The predicted octanol–water partition coefficient (Wildman–Crippen LogP) is 5.63. The number of ether oxygens (including phenoxy) is 3. The van der Waals surface area contributed by atoms with Gasteiger partial charge in [-0.1, -0.05) is 69.7 Å². The molecule has 1 atom stereocenters. The van der Waals surface area contributed by atoms with E-state index < -0.39 is 5.97 Å². The molecule has 0 heterocycles. The molecule has 0 saturated heterocycles. The number of methoxy groups -OCH3 is 3. The van der Waals surface area contributed by atoms with Gasteiger partial charge >= 0.3 is 0 Å². The maximum atomic E-state index is 12.5. The number of unbranched alkanes of at least 4 members (excludes halogenated alkanes) is 5. The van der Waals surface area contributed by atoms with Crippen molar-refractivity contribution in [1.82, 2.24) is 0 Å². The van der Waals surface area contributed by atoms with Crippen molar-refractivity contribution < 1.29 is 18.6 Å². The molecule has 3 nitrogen and oxygen atoms in total. The van der Waals surface area contributed by atoms with Crippen LogP contribution in [0.25, 0.3) is 0 Å². The van der Waals surface area contributed by atoms with E-state index in [0.717, 1.165) is 24.0 Å². The second kappa shape index (κ2) is 12.4. The summed E-state index contributed by atoms with van der Waals surface area (Å²) < 4.78 is 29.4. The Morgan fingerprint density at radius 2 is 1.44 bits per heavy atom. The van der Waals surface area contributed by atoms with E-state index in [2.05, 4.69) is 6.92 Å². The van der Waals surface area contributed by atoms with E-state index >= 15 is 0 Å². The molecule has 0 N–H and O–H groups in total. The maximum Gasteiger partial charge on any atom is 0.289 e. The van der Waals surface area contributed by atoms with Crippen LogP contribution in [0.5, 0.6) is 0 Å². The average molecular weight is 355 g/mol. The van der Waals surface area contributed by atoms with Crippen molar-refractivity contribution in [3.63, 3.8) is 0 Å². The van der Waals surface area contributed by atoms with Crippen LogP contribution in [0.2, 0.25) is 0 Å². The van der Waals surface area contributed by atoms with E-state index in [1.165, 1.54) is 32.1 Å². The predicted molar refractivity (Wildman–Crippen MR) is 101 cm³/mol. The van der Waals surface area contributed by atoms with E-state index in [0.29, 0.717) is 6.42 Å². The lowest BCUT2D eigenvalue weighted by Crippen LogP contribution is -2.42. The molecule has 1 aromatic carbocycles. The summed E-state index contributed by atoms with van der Waals surface area (Å²) in [7, 11) is 4.83. The topological polar surface area (TPSA) is 27.7 Å². The molecule has 144 valence electrons. The fourth-order valence-corrected chi connectivity index (χ4v) is 3.38. The van der Waals surface area contributed by atoms with E-state index in [4.69, 9.17) is 14.2 Å². The van der Waals surface area contributed by atoms with Gasteiger partial charge in [0.15, 0.2) is 0 Å². The molecule has 0 fully saturated rings. The van der Waals surface area contributed by atoms with E-state index in [1.54, 1.807) is 21.3 Å². The fraction of sp³-hybridized carbons (Fsp3) is 0.714. The van der Waals surface area contributed by atoms with Crippen LogP contribution in [-0.4, -0.2) is 34.0 Å². The summed E-state index contributed by atoms with van der Waals surface area (Å²) in [5.74, 6) is -1.12. The molecule has 25 heavy (non-hydrogen) atoms. The molecule has 0 aliphatic heterocycles. The van der Waals surface area contributed by atoms with Crippen molar-refractivity contribution in [2.45, 2.75) is 70.2 Å². The minimum atomic E-state index is -1.09. The first-order valence-electron chi connectivity index (χ1n) is 9.47. The van der Waals surface area contributed by atoms with Gasteiger partial charge in [0.05, 0.1) is 12.6 Å².